The van der Waals surface area contributed by atoms with Gasteiger partial charge in [-0.1, -0.05) is 48.5 Å². The minimum Gasteiger partial charge on any atom is -0.349 e. The van der Waals surface area contributed by atoms with Gasteiger partial charge in [-0.3, -0.25) is 4.79 Å². The fraction of sp³-hybridized carbons (Fsp3) is 0.158. The molecule has 2 aromatic carbocycles. The van der Waals surface area contributed by atoms with Gasteiger partial charge in [-0.25, -0.2) is 4.98 Å². The van der Waals surface area contributed by atoms with Crippen LogP contribution in [-0.4, -0.2) is 16.9 Å². The summed E-state index contributed by atoms with van der Waals surface area (Å²) in [6.45, 7) is 0. The summed E-state index contributed by atoms with van der Waals surface area (Å²) in [4.78, 5) is 17.3. The zero-order valence-electron chi connectivity index (χ0n) is 12.1. The molecule has 3 nitrogen and oxygen atoms in total. The largest absolute Gasteiger partial charge is 0.349 e. The monoisotopic (exact) mass is 288 g/mol. The van der Waals surface area contributed by atoms with Crippen molar-refractivity contribution in [3.05, 3.63) is 66.2 Å². The van der Waals surface area contributed by atoms with Crippen LogP contribution in [0.2, 0.25) is 0 Å². The van der Waals surface area contributed by atoms with Crippen LogP contribution in [0.25, 0.3) is 22.2 Å². The summed E-state index contributed by atoms with van der Waals surface area (Å²) in [7, 11) is 0. The fourth-order valence-electron chi connectivity index (χ4n) is 2.61. The number of nitrogens with one attached hydrogen (secondary N) is 1. The molecule has 108 valence electrons. The Bertz CT molecular complexity index is 838. The topological polar surface area (TPSA) is 42.0 Å². The maximum absolute atomic E-state index is 12.6. The molecule has 1 N–H and O–H groups in total. The molecule has 0 bridgehead atoms. The van der Waals surface area contributed by atoms with E-state index >= 15 is 0 Å². The van der Waals surface area contributed by atoms with E-state index in [4.69, 9.17) is 4.98 Å². The Kier molecular flexibility index (Phi) is 3.11. The average molecular weight is 288 g/mol. The van der Waals surface area contributed by atoms with Gasteiger partial charge in [0.15, 0.2) is 0 Å². The van der Waals surface area contributed by atoms with Gasteiger partial charge in [0.2, 0.25) is 0 Å². The number of fused-ring (bicyclic) bond motifs is 1. The van der Waals surface area contributed by atoms with Crippen molar-refractivity contribution in [3.63, 3.8) is 0 Å². The van der Waals surface area contributed by atoms with E-state index in [1.54, 1.807) is 0 Å². The number of amides is 1. The number of carbonyl (C=O) groups is 1. The van der Waals surface area contributed by atoms with Crippen molar-refractivity contribution in [2.45, 2.75) is 18.9 Å². The maximum Gasteiger partial charge on any atom is 0.252 e. The molecule has 0 aliphatic heterocycles. The predicted molar refractivity (Wildman–Crippen MR) is 87.7 cm³/mol. The van der Waals surface area contributed by atoms with Crippen LogP contribution < -0.4 is 5.32 Å². The molecular formula is C19H16N2O. The molecule has 4 rings (SSSR count). The van der Waals surface area contributed by atoms with Gasteiger partial charge in [-0.15, -0.1) is 0 Å². The smallest absolute Gasteiger partial charge is 0.252 e. The van der Waals surface area contributed by atoms with Crippen molar-refractivity contribution in [3.8, 4) is 11.3 Å². The highest BCUT2D eigenvalue weighted by atomic mass is 16.1. The average Bonchev–Trinajstić information content (AvgIpc) is 3.38. The number of hydrogen-bond donors (Lipinski definition) is 1. The van der Waals surface area contributed by atoms with E-state index in [0.717, 1.165) is 35.0 Å². The van der Waals surface area contributed by atoms with Crippen LogP contribution in [0.3, 0.4) is 0 Å². The van der Waals surface area contributed by atoms with Gasteiger partial charge in [0, 0.05) is 17.0 Å². The molecule has 1 amide bonds. The van der Waals surface area contributed by atoms with Crippen LogP contribution in [0.1, 0.15) is 23.2 Å². The summed E-state index contributed by atoms with van der Waals surface area (Å²) in [6, 6.07) is 20.0. The second-order valence-electron chi connectivity index (χ2n) is 5.69. The van der Waals surface area contributed by atoms with Gasteiger partial charge in [0.25, 0.3) is 5.91 Å². The van der Waals surface area contributed by atoms with E-state index in [0.29, 0.717) is 11.6 Å². The fourth-order valence-corrected chi connectivity index (χ4v) is 2.61. The van der Waals surface area contributed by atoms with E-state index in [1.165, 1.54) is 0 Å². The van der Waals surface area contributed by atoms with Crippen molar-refractivity contribution in [1.29, 1.82) is 0 Å². The van der Waals surface area contributed by atoms with E-state index in [-0.39, 0.29) is 5.91 Å². The first-order chi connectivity index (χ1) is 10.8. The van der Waals surface area contributed by atoms with Crippen LogP contribution in [0.5, 0.6) is 0 Å². The Morgan fingerprint density at radius 1 is 1.00 bits per heavy atom. The number of hydrogen-bond acceptors (Lipinski definition) is 2. The lowest BCUT2D eigenvalue weighted by molar-refractivity contribution is 0.0952. The normalized spacial score (nSPS) is 14.0. The Labute approximate surface area is 129 Å². The highest BCUT2D eigenvalue weighted by Gasteiger charge is 2.25. The molecule has 0 spiro atoms. The van der Waals surface area contributed by atoms with Crippen LogP contribution in [0.4, 0.5) is 0 Å². The molecule has 1 saturated carbocycles. The summed E-state index contributed by atoms with van der Waals surface area (Å²) >= 11 is 0. The second-order valence-corrected chi connectivity index (χ2v) is 5.69. The third kappa shape index (κ3) is 2.46. The Morgan fingerprint density at radius 2 is 1.73 bits per heavy atom. The molecule has 1 fully saturated rings. The summed E-state index contributed by atoms with van der Waals surface area (Å²) in [5, 5.41) is 3.98. The highest BCUT2D eigenvalue weighted by Crippen LogP contribution is 2.26. The third-order valence-electron chi connectivity index (χ3n) is 3.94. The van der Waals surface area contributed by atoms with Crippen molar-refractivity contribution >= 4 is 16.8 Å². The Morgan fingerprint density at radius 3 is 2.50 bits per heavy atom. The van der Waals surface area contributed by atoms with Crippen LogP contribution in [0.15, 0.2) is 60.7 Å². The molecule has 0 saturated heterocycles. The summed E-state index contributed by atoms with van der Waals surface area (Å²) in [5.41, 5.74) is 3.41. The Balaban J connectivity index is 1.87. The second kappa shape index (κ2) is 5.26. The standard InChI is InChI=1S/C19H16N2O/c22-19(20-14-10-11-14)16-12-18(13-6-2-1-3-7-13)21-17-9-5-4-8-15(16)17/h1-9,12,14H,10-11H2,(H,20,22). The number of aromatic nitrogens is 1. The molecule has 1 aliphatic rings. The molecule has 1 aromatic heterocycles. The molecule has 0 radical (unpaired) electrons. The van der Waals surface area contributed by atoms with E-state index in [1.807, 2.05) is 60.7 Å². The minimum absolute atomic E-state index is 0.00159. The lowest BCUT2D eigenvalue weighted by Gasteiger charge is -2.10. The number of rotatable bonds is 3. The molecule has 1 heterocycles. The number of pyridine rings is 1. The maximum atomic E-state index is 12.6. The predicted octanol–water partition coefficient (Wildman–Crippen LogP) is 3.79. The first kappa shape index (κ1) is 13.0. The molecule has 22 heavy (non-hydrogen) atoms. The molecule has 0 atom stereocenters. The number of para-hydroxylation sites is 1. The van der Waals surface area contributed by atoms with Gasteiger partial charge in [-0.05, 0) is 25.0 Å². The minimum atomic E-state index is -0.00159. The van der Waals surface area contributed by atoms with Crippen molar-refractivity contribution in [2.75, 3.05) is 0 Å². The van der Waals surface area contributed by atoms with Gasteiger partial charge in [-0.2, -0.15) is 0 Å². The first-order valence-electron chi connectivity index (χ1n) is 7.57. The van der Waals surface area contributed by atoms with Crippen molar-refractivity contribution in [2.24, 2.45) is 0 Å². The first-order valence-corrected chi connectivity index (χ1v) is 7.57. The van der Waals surface area contributed by atoms with E-state index in [2.05, 4.69) is 5.32 Å². The quantitative estimate of drug-likeness (QED) is 0.796. The van der Waals surface area contributed by atoms with Crippen molar-refractivity contribution in [1.82, 2.24) is 10.3 Å². The molecule has 3 aromatic rings. The number of nitrogens with zero attached hydrogens (tertiary/aromatic N) is 1. The molecule has 1 aliphatic carbocycles. The van der Waals surface area contributed by atoms with Gasteiger partial charge < -0.3 is 5.32 Å². The van der Waals surface area contributed by atoms with Crippen LogP contribution in [-0.2, 0) is 0 Å². The van der Waals surface area contributed by atoms with Crippen LogP contribution in [0, 0.1) is 0 Å². The zero-order valence-corrected chi connectivity index (χ0v) is 12.1. The number of benzene rings is 2. The zero-order chi connectivity index (χ0) is 14.9. The molecular weight excluding hydrogens is 272 g/mol. The summed E-state index contributed by atoms with van der Waals surface area (Å²) < 4.78 is 0. The van der Waals surface area contributed by atoms with Gasteiger partial charge >= 0.3 is 0 Å². The molecule has 0 unspecified atom stereocenters. The number of carbonyl (C=O) groups excluding carboxylic acids is 1. The molecule has 3 heteroatoms. The lowest BCUT2D eigenvalue weighted by Crippen LogP contribution is -2.25. The lowest BCUT2D eigenvalue weighted by atomic mass is 10.0. The van der Waals surface area contributed by atoms with E-state index in [9.17, 15) is 4.79 Å². The summed E-state index contributed by atoms with van der Waals surface area (Å²) in [5.74, 6) is -0.00159. The van der Waals surface area contributed by atoms with Crippen LogP contribution >= 0.6 is 0 Å². The SMILES string of the molecule is O=C(NC1CC1)c1cc(-c2ccccc2)nc2ccccc12. The van der Waals surface area contributed by atoms with E-state index < -0.39 is 0 Å². The summed E-state index contributed by atoms with van der Waals surface area (Å²) in [6.07, 6.45) is 2.17. The highest BCUT2D eigenvalue weighted by molar-refractivity contribution is 6.07. The van der Waals surface area contributed by atoms with Gasteiger partial charge in [0.05, 0.1) is 16.8 Å². The Hall–Kier alpha value is -2.68. The third-order valence-corrected chi connectivity index (χ3v) is 3.94. The van der Waals surface area contributed by atoms with Crippen molar-refractivity contribution < 1.29 is 4.79 Å². The van der Waals surface area contributed by atoms with Gasteiger partial charge in [0.1, 0.15) is 0 Å².